The van der Waals surface area contributed by atoms with Crippen molar-refractivity contribution in [3.8, 4) is 0 Å². The summed E-state index contributed by atoms with van der Waals surface area (Å²) in [6.07, 6.45) is 1.47. The minimum atomic E-state index is -0.293. The molecule has 2 N–H and O–H groups in total. The molecule has 3 heteroatoms. The van der Waals surface area contributed by atoms with Crippen LogP contribution in [0.5, 0.6) is 0 Å². The second-order valence-electron chi connectivity index (χ2n) is 5.11. The molecule has 0 radical (unpaired) electrons. The second kappa shape index (κ2) is 7.66. The molecule has 0 aromatic carbocycles. The lowest BCUT2D eigenvalue weighted by Gasteiger charge is -2.20. The van der Waals surface area contributed by atoms with E-state index in [1.807, 2.05) is 13.8 Å². The average molecular weight is 229 g/mol. The van der Waals surface area contributed by atoms with E-state index in [0.29, 0.717) is 18.4 Å². The lowest BCUT2D eigenvalue weighted by atomic mass is 9.92. The third-order valence-corrected chi connectivity index (χ3v) is 3.28. The van der Waals surface area contributed by atoms with Crippen LogP contribution in [0.1, 0.15) is 47.5 Å². The summed E-state index contributed by atoms with van der Waals surface area (Å²) in [4.78, 5) is 11.8. The van der Waals surface area contributed by atoms with Crippen molar-refractivity contribution in [3.63, 3.8) is 0 Å². The van der Waals surface area contributed by atoms with Crippen molar-refractivity contribution in [2.75, 3.05) is 6.54 Å². The Morgan fingerprint density at radius 1 is 1.25 bits per heavy atom. The fraction of sp³-hybridized carbons (Fsp3) is 0.923. The molecular weight excluding hydrogens is 202 g/mol. The van der Waals surface area contributed by atoms with Crippen molar-refractivity contribution in [1.82, 2.24) is 5.32 Å². The van der Waals surface area contributed by atoms with E-state index >= 15 is 0 Å². The zero-order chi connectivity index (χ0) is 12.7. The summed E-state index contributed by atoms with van der Waals surface area (Å²) in [7, 11) is 0. The van der Waals surface area contributed by atoms with E-state index < -0.39 is 0 Å². The summed E-state index contributed by atoms with van der Waals surface area (Å²) in [5, 5.41) is 12.2. The van der Waals surface area contributed by atoms with Crippen LogP contribution in [0.15, 0.2) is 0 Å². The molecule has 4 unspecified atom stereocenters. The molecule has 0 saturated carbocycles. The maximum Gasteiger partial charge on any atom is 0.223 e. The van der Waals surface area contributed by atoms with Crippen molar-refractivity contribution in [1.29, 1.82) is 0 Å². The summed E-state index contributed by atoms with van der Waals surface area (Å²) < 4.78 is 0. The van der Waals surface area contributed by atoms with E-state index in [2.05, 4.69) is 19.2 Å². The molecule has 4 atom stereocenters. The van der Waals surface area contributed by atoms with Gasteiger partial charge in [-0.25, -0.2) is 0 Å². The first kappa shape index (κ1) is 15.4. The van der Waals surface area contributed by atoms with Crippen LogP contribution in [-0.2, 0) is 4.79 Å². The third kappa shape index (κ3) is 6.11. The molecule has 1 amide bonds. The van der Waals surface area contributed by atoms with Gasteiger partial charge in [-0.15, -0.1) is 0 Å². The van der Waals surface area contributed by atoms with Crippen LogP contribution < -0.4 is 5.32 Å². The summed E-state index contributed by atoms with van der Waals surface area (Å²) >= 11 is 0. The van der Waals surface area contributed by atoms with Crippen LogP contribution >= 0.6 is 0 Å². The molecule has 3 nitrogen and oxygen atoms in total. The molecule has 0 fully saturated rings. The van der Waals surface area contributed by atoms with Gasteiger partial charge in [0.15, 0.2) is 0 Å². The Labute approximate surface area is 99.6 Å². The lowest BCUT2D eigenvalue weighted by Crippen LogP contribution is -2.35. The van der Waals surface area contributed by atoms with Gasteiger partial charge in [-0.3, -0.25) is 4.79 Å². The van der Waals surface area contributed by atoms with Gasteiger partial charge < -0.3 is 10.4 Å². The van der Waals surface area contributed by atoms with Gasteiger partial charge in [0.1, 0.15) is 0 Å². The fourth-order valence-electron chi connectivity index (χ4n) is 1.71. The van der Waals surface area contributed by atoms with E-state index in [0.717, 1.165) is 12.8 Å². The topological polar surface area (TPSA) is 49.3 Å². The van der Waals surface area contributed by atoms with Crippen LogP contribution in [-0.4, -0.2) is 23.7 Å². The van der Waals surface area contributed by atoms with Gasteiger partial charge in [0.05, 0.1) is 6.10 Å². The Morgan fingerprint density at radius 2 is 1.81 bits per heavy atom. The molecule has 0 aliphatic heterocycles. The number of aliphatic hydroxyl groups excluding tert-OH is 1. The Bertz CT molecular complexity index is 204. The molecule has 0 rings (SSSR count). The molecular formula is C13H27NO2. The highest BCUT2D eigenvalue weighted by Crippen LogP contribution is 2.14. The number of nitrogens with one attached hydrogen (secondary N) is 1. The molecule has 0 spiro atoms. The maximum absolute atomic E-state index is 11.8. The van der Waals surface area contributed by atoms with Crippen LogP contribution in [0.25, 0.3) is 0 Å². The van der Waals surface area contributed by atoms with Crippen molar-refractivity contribution < 1.29 is 9.90 Å². The number of carbonyl (C=O) groups is 1. The Kier molecular flexibility index (Phi) is 7.39. The summed E-state index contributed by atoms with van der Waals surface area (Å²) in [6.45, 7) is 10.7. The van der Waals surface area contributed by atoms with E-state index in [1.54, 1.807) is 6.92 Å². The predicted molar refractivity (Wildman–Crippen MR) is 67.1 cm³/mol. The second-order valence-corrected chi connectivity index (χ2v) is 5.11. The molecule has 96 valence electrons. The van der Waals surface area contributed by atoms with Crippen LogP contribution in [0.3, 0.4) is 0 Å². The largest absolute Gasteiger partial charge is 0.393 e. The van der Waals surface area contributed by atoms with E-state index in [4.69, 9.17) is 0 Å². The Hall–Kier alpha value is -0.570. The van der Waals surface area contributed by atoms with Crippen LogP contribution in [0, 0.1) is 17.8 Å². The fourth-order valence-corrected chi connectivity index (χ4v) is 1.71. The number of rotatable bonds is 7. The molecule has 0 aromatic rings. The van der Waals surface area contributed by atoms with Gasteiger partial charge in [-0.05, 0) is 25.2 Å². The average Bonchev–Trinajstić information content (AvgIpc) is 2.22. The smallest absolute Gasteiger partial charge is 0.223 e. The lowest BCUT2D eigenvalue weighted by molar-refractivity contribution is -0.126. The normalized spacial score (nSPS) is 18.6. The van der Waals surface area contributed by atoms with Gasteiger partial charge in [-0.1, -0.05) is 34.1 Å². The number of carbonyl (C=O) groups excluding carboxylic acids is 1. The summed E-state index contributed by atoms with van der Waals surface area (Å²) in [6, 6.07) is 0. The Balaban J connectivity index is 3.88. The van der Waals surface area contributed by atoms with Gasteiger partial charge >= 0.3 is 0 Å². The molecule has 0 saturated heterocycles. The summed E-state index contributed by atoms with van der Waals surface area (Å²) in [5.74, 6) is 0.954. The van der Waals surface area contributed by atoms with Crippen molar-refractivity contribution in [2.45, 2.75) is 53.6 Å². The third-order valence-electron chi connectivity index (χ3n) is 3.28. The molecule has 0 aromatic heterocycles. The zero-order valence-electron chi connectivity index (χ0n) is 11.3. The van der Waals surface area contributed by atoms with Gasteiger partial charge in [0, 0.05) is 12.5 Å². The SMILES string of the molecule is CCC(C)C(C)C(=O)NCC(C)CC(C)O. The van der Waals surface area contributed by atoms with Crippen molar-refractivity contribution in [3.05, 3.63) is 0 Å². The van der Waals surface area contributed by atoms with E-state index in [1.165, 1.54) is 0 Å². The highest BCUT2D eigenvalue weighted by molar-refractivity contribution is 5.78. The first-order chi connectivity index (χ1) is 7.38. The van der Waals surface area contributed by atoms with Crippen molar-refractivity contribution >= 4 is 5.91 Å². The number of hydrogen-bond acceptors (Lipinski definition) is 2. The first-order valence-corrected chi connectivity index (χ1v) is 6.34. The minimum Gasteiger partial charge on any atom is -0.393 e. The number of hydrogen-bond donors (Lipinski definition) is 2. The maximum atomic E-state index is 11.8. The first-order valence-electron chi connectivity index (χ1n) is 6.34. The van der Waals surface area contributed by atoms with Crippen LogP contribution in [0.4, 0.5) is 0 Å². The predicted octanol–water partition coefficient (Wildman–Crippen LogP) is 2.19. The van der Waals surface area contributed by atoms with E-state index in [-0.39, 0.29) is 17.9 Å². The standard InChI is InChI=1S/C13H27NO2/c1-6-10(3)12(5)13(16)14-8-9(2)7-11(4)15/h9-12,15H,6-8H2,1-5H3,(H,14,16). The van der Waals surface area contributed by atoms with Crippen molar-refractivity contribution in [2.24, 2.45) is 17.8 Å². The van der Waals surface area contributed by atoms with Gasteiger partial charge in [-0.2, -0.15) is 0 Å². The number of aliphatic hydroxyl groups is 1. The Morgan fingerprint density at radius 3 is 2.25 bits per heavy atom. The van der Waals surface area contributed by atoms with Gasteiger partial charge in [0.25, 0.3) is 0 Å². The molecule has 0 aliphatic carbocycles. The molecule has 0 heterocycles. The molecule has 16 heavy (non-hydrogen) atoms. The summed E-state index contributed by atoms with van der Waals surface area (Å²) in [5.41, 5.74) is 0. The molecule has 0 aliphatic rings. The number of amides is 1. The van der Waals surface area contributed by atoms with Gasteiger partial charge in [0.2, 0.25) is 5.91 Å². The highest BCUT2D eigenvalue weighted by atomic mass is 16.3. The monoisotopic (exact) mass is 229 g/mol. The minimum absolute atomic E-state index is 0.0729. The quantitative estimate of drug-likeness (QED) is 0.703. The van der Waals surface area contributed by atoms with E-state index in [9.17, 15) is 9.90 Å². The van der Waals surface area contributed by atoms with Crippen LogP contribution in [0.2, 0.25) is 0 Å². The molecule has 0 bridgehead atoms. The zero-order valence-corrected chi connectivity index (χ0v) is 11.3. The highest BCUT2D eigenvalue weighted by Gasteiger charge is 2.19.